The van der Waals surface area contributed by atoms with Gasteiger partial charge in [0.05, 0.1) is 13.6 Å². The third-order valence-electron chi connectivity index (χ3n) is 7.72. The average Bonchev–Trinajstić information content (AvgIpc) is 3.19. The predicted molar refractivity (Wildman–Crippen MR) is 151 cm³/mol. The van der Waals surface area contributed by atoms with Crippen LogP contribution in [-0.2, 0) is 20.0 Å². The van der Waals surface area contributed by atoms with Gasteiger partial charge in [0.1, 0.15) is 12.4 Å². The molecule has 1 aromatic rings. The van der Waals surface area contributed by atoms with Crippen molar-refractivity contribution < 1.29 is 4.57 Å². The summed E-state index contributed by atoms with van der Waals surface area (Å²) in [4.78, 5) is 0. The first-order chi connectivity index (χ1) is 16.8. The number of imidazole rings is 1. The normalized spacial score (nSPS) is 11.5. The van der Waals surface area contributed by atoms with Gasteiger partial charge in [-0.25, -0.2) is 9.13 Å². The second-order valence-electron chi connectivity index (χ2n) is 11.0. The molecular formula is C32H63N2+. The quantitative estimate of drug-likeness (QED) is 0.0930. The van der Waals surface area contributed by atoms with Crippen LogP contribution in [0.15, 0.2) is 12.4 Å². The largest absolute Gasteiger partial charge is 0.256 e. The zero-order valence-corrected chi connectivity index (χ0v) is 23.9. The third kappa shape index (κ3) is 17.6. The average molecular weight is 476 g/mol. The summed E-state index contributed by atoms with van der Waals surface area (Å²) < 4.78 is 4.89. The summed E-state index contributed by atoms with van der Waals surface area (Å²) in [5.74, 6) is 1.54. The van der Waals surface area contributed by atoms with E-state index < -0.39 is 0 Å². The summed E-state index contributed by atoms with van der Waals surface area (Å²) in [6.07, 6.45) is 40.2. The number of unbranched alkanes of at least 4 members (excludes halogenated alkanes) is 22. The molecule has 0 aliphatic rings. The lowest BCUT2D eigenvalue weighted by atomic mass is 10.0. The Morgan fingerprint density at radius 1 is 0.500 bits per heavy atom. The Morgan fingerprint density at radius 2 is 0.853 bits per heavy atom. The number of hydrogen-bond donors (Lipinski definition) is 0. The Labute approximate surface area is 215 Å². The molecule has 0 saturated carbocycles. The van der Waals surface area contributed by atoms with Crippen molar-refractivity contribution in [1.82, 2.24) is 4.57 Å². The Morgan fingerprint density at radius 3 is 1.26 bits per heavy atom. The van der Waals surface area contributed by atoms with Gasteiger partial charge in [0.25, 0.3) is 5.82 Å². The fourth-order valence-electron chi connectivity index (χ4n) is 5.33. The van der Waals surface area contributed by atoms with E-state index >= 15 is 0 Å². The molecule has 2 nitrogen and oxygen atoms in total. The molecule has 0 spiro atoms. The van der Waals surface area contributed by atoms with Crippen LogP contribution < -0.4 is 4.57 Å². The first-order valence-corrected chi connectivity index (χ1v) is 15.8. The zero-order valence-electron chi connectivity index (χ0n) is 23.9. The van der Waals surface area contributed by atoms with Gasteiger partial charge < -0.3 is 0 Å². The summed E-state index contributed by atoms with van der Waals surface area (Å²) in [5.41, 5.74) is 0. The minimum Gasteiger partial charge on any atom is -0.237 e. The molecule has 2 heteroatoms. The van der Waals surface area contributed by atoms with Gasteiger partial charge in [0, 0.05) is 6.42 Å². The van der Waals surface area contributed by atoms with Crippen molar-refractivity contribution in [3.63, 3.8) is 0 Å². The van der Waals surface area contributed by atoms with Crippen LogP contribution in [0.4, 0.5) is 0 Å². The van der Waals surface area contributed by atoms with Crippen LogP contribution in [0.1, 0.15) is 174 Å². The fourth-order valence-corrected chi connectivity index (χ4v) is 5.33. The van der Waals surface area contributed by atoms with Gasteiger partial charge in [0.15, 0.2) is 0 Å². The van der Waals surface area contributed by atoms with Gasteiger partial charge in [0.2, 0.25) is 0 Å². The second-order valence-corrected chi connectivity index (χ2v) is 11.0. The van der Waals surface area contributed by atoms with Gasteiger partial charge >= 0.3 is 0 Å². The van der Waals surface area contributed by atoms with Gasteiger partial charge in [-0.3, -0.25) is 0 Å². The number of hydrogen-bond acceptors (Lipinski definition) is 0. The van der Waals surface area contributed by atoms with Crippen LogP contribution in [0.2, 0.25) is 0 Å². The van der Waals surface area contributed by atoms with E-state index in [9.17, 15) is 0 Å². The molecule has 1 aromatic heterocycles. The van der Waals surface area contributed by atoms with E-state index in [4.69, 9.17) is 0 Å². The van der Waals surface area contributed by atoms with Crippen molar-refractivity contribution in [2.24, 2.45) is 7.05 Å². The molecule has 0 aliphatic heterocycles. The van der Waals surface area contributed by atoms with E-state index in [1.807, 2.05) is 0 Å². The Balaban J connectivity index is 1.94. The molecule has 0 bridgehead atoms. The van der Waals surface area contributed by atoms with E-state index in [-0.39, 0.29) is 0 Å². The van der Waals surface area contributed by atoms with Gasteiger partial charge in [-0.15, -0.1) is 0 Å². The van der Waals surface area contributed by atoms with Crippen molar-refractivity contribution in [3.8, 4) is 0 Å². The van der Waals surface area contributed by atoms with Crippen LogP contribution >= 0.6 is 0 Å². The van der Waals surface area contributed by atoms with Crippen LogP contribution in [0.3, 0.4) is 0 Å². The Hall–Kier alpha value is -0.790. The lowest BCUT2D eigenvalue weighted by Crippen LogP contribution is -2.32. The summed E-state index contributed by atoms with van der Waals surface area (Å²) in [6, 6.07) is 0. The molecule has 0 saturated heterocycles. The smallest absolute Gasteiger partial charge is 0.237 e. The second kappa shape index (κ2) is 23.9. The fraction of sp³-hybridized carbons (Fsp3) is 0.906. The molecule has 0 aliphatic carbocycles. The van der Waals surface area contributed by atoms with E-state index in [0.717, 1.165) is 0 Å². The van der Waals surface area contributed by atoms with E-state index in [2.05, 4.69) is 42.4 Å². The Kier molecular flexibility index (Phi) is 22.0. The van der Waals surface area contributed by atoms with Crippen molar-refractivity contribution in [3.05, 3.63) is 18.2 Å². The van der Waals surface area contributed by atoms with Crippen molar-refractivity contribution >= 4 is 0 Å². The van der Waals surface area contributed by atoms with Crippen LogP contribution in [0.5, 0.6) is 0 Å². The van der Waals surface area contributed by atoms with Crippen molar-refractivity contribution in [1.29, 1.82) is 0 Å². The minimum atomic E-state index is 1.21. The van der Waals surface area contributed by atoms with Gasteiger partial charge in [-0.2, -0.15) is 0 Å². The summed E-state index contributed by atoms with van der Waals surface area (Å²) in [5, 5.41) is 0. The maximum absolute atomic E-state index is 2.53. The van der Waals surface area contributed by atoms with Crippen molar-refractivity contribution in [2.75, 3.05) is 0 Å². The first-order valence-electron chi connectivity index (χ1n) is 15.8. The number of aryl methyl sites for hydroxylation is 2. The molecule has 0 fully saturated rings. The zero-order chi connectivity index (χ0) is 24.5. The van der Waals surface area contributed by atoms with E-state index in [0.29, 0.717) is 0 Å². The molecule has 0 radical (unpaired) electrons. The standard InChI is InChI=1S/C32H63N2/c1-4-6-8-10-12-14-15-16-17-18-19-20-22-24-26-28-32-33(3)30-31-34(32)29-27-25-23-21-13-11-9-7-5-2/h30-31H,4-29H2,1-3H3/q+1. The van der Waals surface area contributed by atoms with Gasteiger partial charge in [-0.1, -0.05) is 149 Å². The molecule has 0 amide bonds. The molecule has 0 unspecified atom stereocenters. The van der Waals surface area contributed by atoms with E-state index in [1.165, 1.54) is 173 Å². The first kappa shape index (κ1) is 31.2. The summed E-state index contributed by atoms with van der Waals surface area (Å²) >= 11 is 0. The predicted octanol–water partition coefficient (Wildman–Crippen LogP) is 10.3. The molecular weight excluding hydrogens is 412 g/mol. The van der Waals surface area contributed by atoms with E-state index in [1.54, 1.807) is 0 Å². The molecule has 0 N–H and O–H groups in total. The van der Waals surface area contributed by atoms with Gasteiger partial charge in [-0.05, 0) is 19.3 Å². The highest BCUT2D eigenvalue weighted by Crippen LogP contribution is 2.15. The molecule has 1 rings (SSSR count). The summed E-state index contributed by atoms with van der Waals surface area (Å²) in [6.45, 7) is 5.82. The van der Waals surface area contributed by atoms with Crippen molar-refractivity contribution in [2.45, 2.75) is 181 Å². The maximum atomic E-state index is 2.53. The molecule has 1 heterocycles. The Bertz CT molecular complexity index is 533. The lowest BCUT2D eigenvalue weighted by molar-refractivity contribution is -0.678. The summed E-state index contributed by atoms with van der Waals surface area (Å²) in [7, 11) is 2.23. The minimum absolute atomic E-state index is 1.21. The highest BCUT2D eigenvalue weighted by molar-refractivity contribution is 4.84. The SMILES string of the molecule is CCCCCCCCCCCCCCCCCc1n(CCCCCCCCCCC)cc[n+]1C. The van der Waals surface area contributed by atoms with Crippen LogP contribution in [0, 0.1) is 0 Å². The maximum Gasteiger partial charge on any atom is 0.256 e. The van der Waals surface area contributed by atoms with Crippen LogP contribution in [-0.4, -0.2) is 4.57 Å². The lowest BCUT2D eigenvalue weighted by Gasteiger charge is -2.05. The molecule has 0 atom stereocenters. The third-order valence-corrected chi connectivity index (χ3v) is 7.72. The number of rotatable bonds is 26. The molecule has 200 valence electrons. The monoisotopic (exact) mass is 475 g/mol. The highest BCUT2D eigenvalue weighted by atomic mass is 15.1. The molecule has 0 aromatic carbocycles. The topological polar surface area (TPSA) is 8.81 Å². The molecule has 34 heavy (non-hydrogen) atoms. The highest BCUT2D eigenvalue weighted by Gasteiger charge is 2.13. The van der Waals surface area contributed by atoms with Crippen LogP contribution in [0.25, 0.3) is 0 Å². The number of aromatic nitrogens is 2. The number of nitrogens with zero attached hydrogens (tertiary/aromatic N) is 2.